The number of aromatic amines is 1. The van der Waals surface area contributed by atoms with E-state index in [-0.39, 0.29) is 6.04 Å². The van der Waals surface area contributed by atoms with Crippen LogP contribution in [0.25, 0.3) is 11.0 Å². The van der Waals surface area contributed by atoms with Crippen molar-refractivity contribution in [2.75, 3.05) is 12.3 Å². The Balaban J connectivity index is 1.76. The Morgan fingerprint density at radius 1 is 1.38 bits per heavy atom. The molecule has 1 atom stereocenters. The summed E-state index contributed by atoms with van der Waals surface area (Å²) in [6.07, 6.45) is 4.72. The molecular formula is C16H19N3OS. The number of fused-ring (bicyclic) bond motifs is 1. The van der Waals surface area contributed by atoms with Gasteiger partial charge in [0.25, 0.3) is 0 Å². The molecule has 1 aromatic carbocycles. The van der Waals surface area contributed by atoms with Crippen LogP contribution in [-0.2, 0) is 0 Å². The fraction of sp³-hybridized carbons (Fsp3) is 0.312. The molecule has 4 nitrogen and oxygen atoms in total. The van der Waals surface area contributed by atoms with Crippen molar-refractivity contribution in [3.05, 3.63) is 48.5 Å². The molecule has 5 heteroatoms. The molecule has 2 heterocycles. The van der Waals surface area contributed by atoms with E-state index in [2.05, 4.69) is 34.3 Å². The molecule has 2 N–H and O–H groups in total. The van der Waals surface area contributed by atoms with Gasteiger partial charge in [-0.05, 0) is 25.1 Å². The van der Waals surface area contributed by atoms with Gasteiger partial charge in [-0.1, -0.05) is 36.9 Å². The van der Waals surface area contributed by atoms with E-state index in [1.807, 2.05) is 24.4 Å². The van der Waals surface area contributed by atoms with E-state index in [9.17, 15) is 0 Å². The lowest BCUT2D eigenvalue weighted by Crippen LogP contribution is -2.23. The van der Waals surface area contributed by atoms with Crippen LogP contribution in [0.15, 0.2) is 52.3 Å². The van der Waals surface area contributed by atoms with Crippen LogP contribution in [0.4, 0.5) is 0 Å². The molecule has 110 valence electrons. The summed E-state index contributed by atoms with van der Waals surface area (Å²) in [5.74, 6) is 1.87. The quantitative estimate of drug-likeness (QED) is 0.648. The van der Waals surface area contributed by atoms with E-state index in [0.29, 0.717) is 0 Å². The number of furan rings is 1. The lowest BCUT2D eigenvalue weighted by Gasteiger charge is -2.15. The summed E-state index contributed by atoms with van der Waals surface area (Å²) in [7, 11) is 0. The number of H-pyrrole nitrogens is 1. The molecule has 0 fully saturated rings. The van der Waals surface area contributed by atoms with E-state index < -0.39 is 0 Å². The molecule has 0 spiro atoms. The van der Waals surface area contributed by atoms with Gasteiger partial charge in [0.2, 0.25) is 0 Å². The van der Waals surface area contributed by atoms with Gasteiger partial charge in [-0.15, -0.1) is 0 Å². The smallest absolute Gasteiger partial charge is 0.165 e. The summed E-state index contributed by atoms with van der Waals surface area (Å²) in [6, 6.07) is 10.4. The lowest BCUT2D eigenvalue weighted by atomic mass is 10.2. The Morgan fingerprint density at radius 3 is 3.05 bits per heavy atom. The Labute approximate surface area is 128 Å². The van der Waals surface area contributed by atoms with E-state index in [1.54, 1.807) is 18.0 Å². The van der Waals surface area contributed by atoms with Crippen molar-refractivity contribution in [2.24, 2.45) is 0 Å². The van der Waals surface area contributed by atoms with Crippen molar-refractivity contribution in [2.45, 2.75) is 24.5 Å². The van der Waals surface area contributed by atoms with Crippen molar-refractivity contribution in [3.63, 3.8) is 0 Å². The van der Waals surface area contributed by atoms with Gasteiger partial charge in [0.15, 0.2) is 5.16 Å². The Bertz CT molecular complexity index is 645. The number of nitrogens with one attached hydrogen (secondary N) is 2. The zero-order valence-corrected chi connectivity index (χ0v) is 12.8. The first-order valence-electron chi connectivity index (χ1n) is 7.21. The fourth-order valence-corrected chi connectivity index (χ4v) is 3.12. The molecule has 21 heavy (non-hydrogen) atoms. The van der Waals surface area contributed by atoms with Crippen molar-refractivity contribution in [3.8, 4) is 0 Å². The van der Waals surface area contributed by atoms with E-state index in [4.69, 9.17) is 4.42 Å². The molecule has 1 unspecified atom stereocenters. The molecule has 0 saturated carbocycles. The summed E-state index contributed by atoms with van der Waals surface area (Å²) >= 11 is 1.70. The van der Waals surface area contributed by atoms with Crippen molar-refractivity contribution in [1.82, 2.24) is 15.3 Å². The second kappa shape index (κ2) is 6.83. The van der Waals surface area contributed by atoms with Crippen molar-refractivity contribution in [1.29, 1.82) is 0 Å². The highest BCUT2D eigenvalue weighted by molar-refractivity contribution is 7.99. The summed E-state index contributed by atoms with van der Waals surface area (Å²) in [5, 5.41) is 5.64. The second-order valence-corrected chi connectivity index (χ2v) is 5.91. The monoisotopic (exact) mass is 301 g/mol. The van der Waals surface area contributed by atoms with Gasteiger partial charge in [0, 0.05) is 23.5 Å². The molecule has 0 radical (unpaired) electrons. The summed E-state index contributed by atoms with van der Waals surface area (Å²) in [5.41, 5.74) is 0.943. The van der Waals surface area contributed by atoms with Crippen LogP contribution in [0, 0.1) is 0 Å². The minimum Gasteiger partial charge on any atom is -0.459 e. The SMILES string of the molecule is CCCNC(CSc1ncc[nH]1)c1cc2ccccc2o1. The largest absolute Gasteiger partial charge is 0.459 e. The standard InChI is InChI=1S/C16H19N3OS/c1-2-7-17-13(11-21-16-18-8-9-19-16)15-10-12-5-3-4-6-14(12)20-15/h3-6,8-10,13,17H,2,7,11H2,1H3,(H,18,19). The van der Waals surface area contributed by atoms with Crippen molar-refractivity contribution < 1.29 is 4.42 Å². The average molecular weight is 301 g/mol. The minimum atomic E-state index is 0.187. The fourth-order valence-electron chi connectivity index (χ4n) is 2.23. The van der Waals surface area contributed by atoms with Gasteiger partial charge in [-0.25, -0.2) is 4.98 Å². The van der Waals surface area contributed by atoms with Gasteiger partial charge < -0.3 is 14.7 Å². The van der Waals surface area contributed by atoms with E-state index in [0.717, 1.165) is 40.6 Å². The number of thioether (sulfide) groups is 1. The molecule has 0 bridgehead atoms. The maximum Gasteiger partial charge on any atom is 0.165 e. The van der Waals surface area contributed by atoms with Crippen LogP contribution in [0.3, 0.4) is 0 Å². The van der Waals surface area contributed by atoms with Gasteiger partial charge in [0.1, 0.15) is 11.3 Å². The van der Waals surface area contributed by atoms with Gasteiger partial charge in [0.05, 0.1) is 6.04 Å². The van der Waals surface area contributed by atoms with E-state index >= 15 is 0 Å². The summed E-state index contributed by atoms with van der Waals surface area (Å²) in [4.78, 5) is 7.37. The zero-order valence-electron chi connectivity index (χ0n) is 12.0. The van der Waals surface area contributed by atoms with Gasteiger partial charge >= 0.3 is 0 Å². The molecule has 0 aliphatic heterocycles. The Kier molecular flexibility index (Phi) is 4.62. The van der Waals surface area contributed by atoms with Crippen LogP contribution in [-0.4, -0.2) is 22.3 Å². The first-order valence-corrected chi connectivity index (χ1v) is 8.19. The molecule has 0 aliphatic carbocycles. The number of para-hydroxylation sites is 1. The first-order chi connectivity index (χ1) is 10.4. The Hall–Kier alpha value is -1.72. The number of imidazole rings is 1. The third-order valence-electron chi connectivity index (χ3n) is 3.29. The van der Waals surface area contributed by atoms with Crippen LogP contribution in [0.2, 0.25) is 0 Å². The highest BCUT2D eigenvalue weighted by Crippen LogP contribution is 2.27. The van der Waals surface area contributed by atoms with Crippen LogP contribution >= 0.6 is 11.8 Å². The predicted molar refractivity (Wildman–Crippen MR) is 86.6 cm³/mol. The lowest BCUT2D eigenvalue weighted by molar-refractivity contribution is 0.456. The van der Waals surface area contributed by atoms with Crippen molar-refractivity contribution >= 4 is 22.7 Å². The van der Waals surface area contributed by atoms with Gasteiger partial charge in [-0.3, -0.25) is 0 Å². The van der Waals surface area contributed by atoms with Crippen LogP contribution < -0.4 is 5.32 Å². The highest BCUT2D eigenvalue weighted by atomic mass is 32.2. The molecule has 3 aromatic rings. The second-order valence-electron chi connectivity index (χ2n) is 4.90. The van der Waals surface area contributed by atoms with E-state index in [1.165, 1.54) is 0 Å². The molecular weight excluding hydrogens is 282 g/mol. The maximum atomic E-state index is 5.99. The number of benzene rings is 1. The molecule has 0 amide bonds. The number of aromatic nitrogens is 2. The van der Waals surface area contributed by atoms with Gasteiger partial charge in [-0.2, -0.15) is 0 Å². The third kappa shape index (κ3) is 3.49. The number of rotatable bonds is 7. The number of nitrogens with zero attached hydrogens (tertiary/aromatic N) is 1. The molecule has 2 aromatic heterocycles. The Morgan fingerprint density at radius 2 is 2.29 bits per heavy atom. The third-order valence-corrected chi connectivity index (χ3v) is 4.29. The average Bonchev–Trinajstić information content (AvgIpc) is 3.16. The zero-order chi connectivity index (χ0) is 14.5. The summed E-state index contributed by atoms with van der Waals surface area (Å²) in [6.45, 7) is 3.14. The number of hydrogen-bond donors (Lipinski definition) is 2. The molecule has 0 aliphatic rings. The van der Waals surface area contributed by atoms with Crippen LogP contribution in [0.1, 0.15) is 25.1 Å². The predicted octanol–water partition coefficient (Wildman–Crippen LogP) is 3.99. The normalized spacial score (nSPS) is 12.8. The maximum absolute atomic E-state index is 5.99. The highest BCUT2D eigenvalue weighted by Gasteiger charge is 2.16. The minimum absolute atomic E-state index is 0.187. The molecule has 0 saturated heterocycles. The summed E-state index contributed by atoms with van der Waals surface area (Å²) < 4.78 is 5.99. The topological polar surface area (TPSA) is 53.9 Å². The van der Waals surface area contributed by atoms with Crippen LogP contribution in [0.5, 0.6) is 0 Å². The molecule has 3 rings (SSSR count). The first kappa shape index (κ1) is 14.2. The number of hydrogen-bond acceptors (Lipinski definition) is 4.